The van der Waals surface area contributed by atoms with Gasteiger partial charge in [0.1, 0.15) is 11.1 Å². The monoisotopic (exact) mass is 317 g/mol. The number of esters is 1. The van der Waals surface area contributed by atoms with Crippen LogP contribution in [0.4, 0.5) is 0 Å². The highest BCUT2D eigenvalue weighted by molar-refractivity contribution is 5.94. The molecule has 1 aromatic carbocycles. The van der Waals surface area contributed by atoms with Crippen molar-refractivity contribution in [1.82, 2.24) is 5.32 Å². The van der Waals surface area contributed by atoms with Gasteiger partial charge < -0.3 is 14.5 Å². The summed E-state index contributed by atoms with van der Waals surface area (Å²) in [5.74, 6) is -1.30. The lowest BCUT2D eigenvalue weighted by atomic mass is 10.0. The van der Waals surface area contributed by atoms with Gasteiger partial charge in [0.25, 0.3) is 5.91 Å². The number of amides is 1. The number of benzene rings is 1. The molecule has 122 valence electrons. The fraction of sp³-hybridized carbons (Fsp3) is 0.353. The summed E-state index contributed by atoms with van der Waals surface area (Å²) in [6.45, 7) is 5.22. The van der Waals surface area contributed by atoms with E-state index in [-0.39, 0.29) is 11.1 Å². The number of nitrogens with one attached hydrogen (secondary N) is 1. The molecule has 0 aliphatic carbocycles. The minimum absolute atomic E-state index is 0.230. The van der Waals surface area contributed by atoms with E-state index in [1.807, 2.05) is 20.8 Å². The summed E-state index contributed by atoms with van der Waals surface area (Å²) in [4.78, 5) is 35.6. The lowest BCUT2D eigenvalue weighted by Gasteiger charge is -2.24. The van der Waals surface area contributed by atoms with Gasteiger partial charge in [-0.2, -0.15) is 0 Å². The van der Waals surface area contributed by atoms with Gasteiger partial charge in [0.2, 0.25) is 0 Å². The summed E-state index contributed by atoms with van der Waals surface area (Å²) < 4.78 is 9.96. The molecule has 6 nitrogen and oxygen atoms in total. The van der Waals surface area contributed by atoms with Gasteiger partial charge in [-0.3, -0.25) is 4.79 Å². The van der Waals surface area contributed by atoms with E-state index in [0.717, 1.165) is 6.42 Å². The quantitative estimate of drug-likeness (QED) is 0.675. The van der Waals surface area contributed by atoms with Crippen molar-refractivity contribution in [3.8, 4) is 0 Å². The zero-order valence-corrected chi connectivity index (χ0v) is 13.3. The van der Waals surface area contributed by atoms with Gasteiger partial charge in [-0.25, -0.2) is 9.59 Å². The maximum Gasteiger partial charge on any atom is 0.351 e. The van der Waals surface area contributed by atoms with E-state index in [0.29, 0.717) is 11.0 Å². The Hall–Kier alpha value is -2.63. The van der Waals surface area contributed by atoms with E-state index in [1.54, 1.807) is 24.3 Å². The van der Waals surface area contributed by atoms with E-state index in [2.05, 4.69) is 5.32 Å². The third-order valence-corrected chi connectivity index (χ3v) is 3.56. The first-order chi connectivity index (χ1) is 10.8. The second-order valence-corrected chi connectivity index (χ2v) is 5.85. The van der Waals surface area contributed by atoms with Crippen molar-refractivity contribution in [1.29, 1.82) is 0 Å². The third-order valence-electron chi connectivity index (χ3n) is 3.56. The Morgan fingerprint density at radius 1 is 1.26 bits per heavy atom. The summed E-state index contributed by atoms with van der Waals surface area (Å²) >= 11 is 0. The standard InChI is InChI=1S/C17H19NO5/c1-4-17(2,3)18-14(19)10-22-15(20)12-9-11-7-5-6-8-13(11)23-16(12)21/h5-9H,4,10H2,1-3H3,(H,18,19). The largest absolute Gasteiger partial charge is 0.452 e. The predicted molar refractivity (Wildman–Crippen MR) is 85.3 cm³/mol. The van der Waals surface area contributed by atoms with Gasteiger partial charge in [-0.15, -0.1) is 0 Å². The first-order valence-corrected chi connectivity index (χ1v) is 7.33. The minimum atomic E-state index is -0.881. The number of hydrogen-bond acceptors (Lipinski definition) is 5. The predicted octanol–water partition coefficient (Wildman–Crippen LogP) is 2.25. The molecule has 0 fully saturated rings. The first kappa shape index (κ1) is 16.7. The average molecular weight is 317 g/mol. The number of hydrogen-bond donors (Lipinski definition) is 1. The van der Waals surface area contributed by atoms with Gasteiger partial charge in [-0.05, 0) is 32.4 Å². The molecule has 0 saturated carbocycles. The fourth-order valence-corrected chi connectivity index (χ4v) is 1.91. The van der Waals surface area contributed by atoms with Crippen LogP contribution in [0.5, 0.6) is 0 Å². The zero-order chi connectivity index (χ0) is 17.0. The van der Waals surface area contributed by atoms with Crippen LogP contribution in [0.3, 0.4) is 0 Å². The van der Waals surface area contributed by atoms with Crippen LogP contribution < -0.4 is 10.9 Å². The lowest BCUT2D eigenvalue weighted by Crippen LogP contribution is -2.44. The maximum absolute atomic E-state index is 12.0. The Bertz CT molecular complexity index is 791. The number of fused-ring (bicyclic) bond motifs is 1. The Kier molecular flexibility index (Phi) is 4.83. The van der Waals surface area contributed by atoms with E-state index in [1.165, 1.54) is 6.07 Å². The van der Waals surface area contributed by atoms with Gasteiger partial charge in [-0.1, -0.05) is 25.1 Å². The van der Waals surface area contributed by atoms with E-state index < -0.39 is 24.1 Å². The van der Waals surface area contributed by atoms with Crippen molar-refractivity contribution in [3.63, 3.8) is 0 Å². The number of rotatable bonds is 5. The molecular weight excluding hydrogens is 298 g/mol. The molecule has 0 aliphatic rings. The molecule has 1 amide bonds. The molecule has 2 aromatic rings. The van der Waals surface area contributed by atoms with Crippen LogP contribution in [0.2, 0.25) is 0 Å². The molecule has 23 heavy (non-hydrogen) atoms. The van der Waals surface area contributed by atoms with Crippen LogP contribution in [0.15, 0.2) is 39.5 Å². The van der Waals surface area contributed by atoms with Crippen molar-refractivity contribution < 1.29 is 18.7 Å². The molecule has 0 radical (unpaired) electrons. The molecular formula is C17H19NO5. The lowest BCUT2D eigenvalue weighted by molar-refractivity contribution is -0.125. The molecule has 1 aromatic heterocycles. The number of carbonyl (C=O) groups excluding carboxylic acids is 2. The summed E-state index contributed by atoms with van der Waals surface area (Å²) in [7, 11) is 0. The van der Waals surface area contributed by atoms with Gasteiger partial charge in [0, 0.05) is 10.9 Å². The summed E-state index contributed by atoms with van der Waals surface area (Å²) in [6.07, 6.45) is 0.737. The van der Waals surface area contributed by atoms with E-state index in [9.17, 15) is 14.4 Å². The van der Waals surface area contributed by atoms with Gasteiger partial charge in [0.05, 0.1) is 0 Å². The SMILES string of the molecule is CCC(C)(C)NC(=O)COC(=O)c1cc2ccccc2oc1=O. The minimum Gasteiger partial charge on any atom is -0.452 e. The zero-order valence-electron chi connectivity index (χ0n) is 13.3. The van der Waals surface area contributed by atoms with Crippen LogP contribution in [-0.4, -0.2) is 24.0 Å². The van der Waals surface area contributed by atoms with Gasteiger partial charge in [0.15, 0.2) is 6.61 Å². The van der Waals surface area contributed by atoms with Crippen LogP contribution in [0.1, 0.15) is 37.6 Å². The van der Waals surface area contributed by atoms with Gasteiger partial charge >= 0.3 is 11.6 Å². The molecule has 2 rings (SSSR count). The summed E-state index contributed by atoms with van der Waals surface area (Å²) in [5.41, 5.74) is -1.02. The molecule has 0 aliphatic heterocycles. The first-order valence-electron chi connectivity index (χ1n) is 7.33. The average Bonchev–Trinajstić information content (AvgIpc) is 2.51. The normalized spacial score (nSPS) is 11.3. The maximum atomic E-state index is 12.0. The molecule has 0 spiro atoms. The van der Waals surface area contributed by atoms with Crippen molar-refractivity contribution >= 4 is 22.8 Å². The van der Waals surface area contributed by atoms with Crippen molar-refractivity contribution in [2.24, 2.45) is 0 Å². The van der Waals surface area contributed by atoms with Crippen LogP contribution in [-0.2, 0) is 9.53 Å². The molecule has 0 atom stereocenters. The highest BCUT2D eigenvalue weighted by Gasteiger charge is 2.20. The number of carbonyl (C=O) groups is 2. The van der Waals surface area contributed by atoms with Crippen LogP contribution in [0, 0.1) is 0 Å². The van der Waals surface area contributed by atoms with Crippen molar-refractivity contribution in [2.75, 3.05) is 6.61 Å². The molecule has 1 N–H and O–H groups in total. The summed E-state index contributed by atoms with van der Waals surface area (Å²) in [6, 6.07) is 8.23. The summed E-state index contributed by atoms with van der Waals surface area (Å²) in [5, 5.41) is 3.35. The second kappa shape index (κ2) is 6.64. The van der Waals surface area contributed by atoms with Crippen LogP contribution >= 0.6 is 0 Å². The second-order valence-electron chi connectivity index (χ2n) is 5.85. The number of para-hydroxylation sites is 1. The smallest absolute Gasteiger partial charge is 0.351 e. The number of ether oxygens (including phenoxy) is 1. The van der Waals surface area contributed by atoms with Crippen LogP contribution in [0.25, 0.3) is 11.0 Å². The highest BCUT2D eigenvalue weighted by Crippen LogP contribution is 2.13. The molecule has 0 saturated heterocycles. The van der Waals surface area contributed by atoms with E-state index >= 15 is 0 Å². The van der Waals surface area contributed by atoms with Crippen molar-refractivity contribution in [2.45, 2.75) is 32.7 Å². The Labute approximate surface area is 133 Å². The van der Waals surface area contributed by atoms with E-state index in [4.69, 9.17) is 9.15 Å². The molecule has 6 heteroatoms. The third kappa shape index (κ3) is 4.18. The molecule has 1 heterocycles. The molecule has 0 unspecified atom stereocenters. The molecule has 0 bridgehead atoms. The Morgan fingerprint density at radius 2 is 1.96 bits per heavy atom. The Morgan fingerprint density at radius 3 is 2.65 bits per heavy atom. The fourth-order valence-electron chi connectivity index (χ4n) is 1.91. The highest BCUT2D eigenvalue weighted by atomic mass is 16.5. The van der Waals surface area contributed by atoms with Crippen molar-refractivity contribution in [3.05, 3.63) is 46.3 Å². The Balaban J connectivity index is 2.08. The topological polar surface area (TPSA) is 85.6 Å².